The molecule has 0 bridgehead atoms. The van der Waals surface area contributed by atoms with E-state index < -0.39 is 11.9 Å². The van der Waals surface area contributed by atoms with Gasteiger partial charge in [0.05, 0.1) is 17.7 Å². The van der Waals surface area contributed by atoms with Gasteiger partial charge >= 0.3 is 11.9 Å². The molecule has 1 rings (SSSR count). The van der Waals surface area contributed by atoms with E-state index in [0.29, 0.717) is 18.1 Å². The van der Waals surface area contributed by atoms with Crippen molar-refractivity contribution in [3.8, 4) is 0 Å². The normalized spacial score (nSPS) is 11.9. The third-order valence-corrected chi connectivity index (χ3v) is 2.56. The zero-order chi connectivity index (χ0) is 12.8. The topological polar surface area (TPSA) is 63.6 Å². The molecule has 0 aromatic heterocycles. The van der Waals surface area contributed by atoms with Crippen LogP contribution in [0.5, 0.6) is 0 Å². The fourth-order valence-corrected chi connectivity index (χ4v) is 1.17. The molecule has 4 heteroatoms. The molecule has 0 unspecified atom stereocenters. The summed E-state index contributed by atoms with van der Waals surface area (Å²) in [6, 6.07) is 5.70. The second kappa shape index (κ2) is 6.03. The molecule has 0 spiro atoms. The summed E-state index contributed by atoms with van der Waals surface area (Å²) in [5.41, 5.74) is 0.529. The molecular weight excluding hydrogens is 220 g/mol. The Kier molecular flexibility index (Phi) is 4.69. The van der Waals surface area contributed by atoms with Crippen LogP contribution < -0.4 is 0 Å². The third kappa shape index (κ3) is 3.90. The van der Waals surface area contributed by atoms with Gasteiger partial charge in [-0.2, -0.15) is 0 Å². The van der Waals surface area contributed by atoms with Gasteiger partial charge in [0.25, 0.3) is 0 Å². The minimum atomic E-state index is -1.01. The van der Waals surface area contributed by atoms with Crippen molar-refractivity contribution in [3.05, 3.63) is 35.4 Å². The number of hydrogen-bond acceptors (Lipinski definition) is 3. The van der Waals surface area contributed by atoms with Gasteiger partial charge in [-0.1, -0.05) is 20.3 Å². The number of carboxylic acid groups (broad SMARTS) is 1. The number of rotatable bonds is 5. The van der Waals surface area contributed by atoms with Gasteiger partial charge in [0.15, 0.2) is 0 Å². The molecule has 17 heavy (non-hydrogen) atoms. The van der Waals surface area contributed by atoms with E-state index in [4.69, 9.17) is 9.84 Å². The predicted molar refractivity (Wildman–Crippen MR) is 63.1 cm³/mol. The second-order valence-electron chi connectivity index (χ2n) is 3.99. The molecule has 1 N–H and O–H groups in total. The van der Waals surface area contributed by atoms with Crippen LogP contribution in [0.3, 0.4) is 0 Å². The molecule has 0 aliphatic carbocycles. The lowest BCUT2D eigenvalue weighted by Crippen LogP contribution is -2.11. The van der Waals surface area contributed by atoms with Gasteiger partial charge in [-0.3, -0.25) is 0 Å². The highest BCUT2D eigenvalue weighted by molar-refractivity contribution is 5.92. The van der Waals surface area contributed by atoms with Crippen molar-refractivity contribution in [2.24, 2.45) is 5.92 Å². The van der Waals surface area contributed by atoms with Crippen LogP contribution in [0.4, 0.5) is 0 Å². The molecular formula is C13H16O4. The highest BCUT2D eigenvalue weighted by Gasteiger charge is 2.10. The average Bonchev–Trinajstić information content (AvgIpc) is 2.35. The van der Waals surface area contributed by atoms with Gasteiger partial charge in [0.2, 0.25) is 0 Å². The van der Waals surface area contributed by atoms with Crippen molar-refractivity contribution < 1.29 is 19.4 Å². The molecule has 92 valence electrons. The number of ether oxygens (including phenoxy) is 1. The van der Waals surface area contributed by atoms with Gasteiger partial charge in [0.1, 0.15) is 0 Å². The number of aromatic carboxylic acids is 1. The van der Waals surface area contributed by atoms with Crippen LogP contribution in [0, 0.1) is 5.92 Å². The van der Waals surface area contributed by atoms with Gasteiger partial charge in [0, 0.05) is 0 Å². The molecule has 0 saturated carbocycles. The van der Waals surface area contributed by atoms with Crippen LogP contribution in [0.25, 0.3) is 0 Å². The quantitative estimate of drug-likeness (QED) is 0.798. The smallest absolute Gasteiger partial charge is 0.338 e. The summed E-state index contributed by atoms with van der Waals surface area (Å²) in [6.45, 7) is 4.41. The lowest BCUT2D eigenvalue weighted by Gasteiger charge is -2.09. The minimum absolute atomic E-state index is 0.156. The van der Waals surface area contributed by atoms with Crippen LogP contribution in [0.2, 0.25) is 0 Å². The maximum atomic E-state index is 11.6. The largest absolute Gasteiger partial charge is 0.478 e. The van der Waals surface area contributed by atoms with Crippen molar-refractivity contribution in [3.63, 3.8) is 0 Å². The summed E-state index contributed by atoms with van der Waals surface area (Å²) < 4.78 is 5.09. The lowest BCUT2D eigenvalue weighted by molar-refractivity contribution is 0.0446. The second-order valence-corrected chi connectivity index (χ2v) is 3.99. The first kappa shape index (κ1) is 13.2. The van der Waals surface area contributed by atoms with Crippen molar-refractivity contribution in [2.45, 2.75) is 20.3 Å². The summed E-state index contributed by atoms with van der Waals surface area (Å²) in [5.74, 6) is -1.09. The molecule has 0 heterocycles. The van der Waals surface area contributed by atoms with Crippen LogP contribution >= 0.6 is 0 Å². The maximum absolute atomic E-state index is 11.6. The molecule has 1 aromatic carbocycles. The van der Waals surface area contributed by atoms with E-state index in [9.17, 15) is 9.59 Å². The Balaban J connectivity index is 2.61. The fraction of sp³-hybridized carbons (Fsp3) is 0.385. The van der Waals surface area contributed by atoms with Gasteiger partial charge in [-0.15, -0.1) is 0 Å². The van der Waals surface area contributed by atoms with E-state index in [1.807, 2.05) is 13.8 Å². The third-order valence-electron chi connectivity index (χ3n) is 2.56. The molecule has 1 atom stereocenters. The monoisotopic (exact) mass is 236 g/mol. The Morgan fingerprint density at radius 1 is 1.24 bits per heavy atom. The molecule has 0 saturated heterocycles. The van der Waals surface area contributed by atoms with E-state index in [2.05, 4.69) is 0 Å². The number of carboxylic acids is 1. The Morgan fingerprint density at radius 2 is 1.76 bits per heavy atom. The highest BCUT2D eigenvalue weighted by atomic mass is 16.5. The molecule has 0 radical (unpaired) electrons. The van der Waals surface area contributed by atoms with Crippen LogP contribution in [0.1, 0.15) is 41.0 Å². The SMILES string of the molecule is CC[C@@H](C)COC(=O)c1ccc(C(=O)O)cc1. The van der Waals surface area contributed by atoms with Crippen molar-refractivity contribution in [1.29, 1.82) is 0 Å². The standard InChI is InChI=1S/C13H16O4/c1-3-9(2)8-17-13(16)11-6-4-10(5-7-11)12(14)15/h4-7,9H,3,8H2,1-2H3,(H,14,15)/t9-/m1/s1. The van der Waals surface area contributed by atoms with E-state index >= 15 is 0 Å². The first-order valence-electron chi connectivity index (χ1n) is 5.55. The number of esters is 1. The average molecular weight is 236 g/mol. The molecule has 1 aromatic rings. The van der Waals surface area contributed by atoms with Crippen molar-refractivity contribution >= 4 is 11.9 Å². The molecule has 4 nitrogen and oxygen atoms in total. The van der Waals surface area contributed by atoms with E-state index in [0.717, 1.165) is 6.42 Å². The Bertz CT molecular complexity index is 394. The number of carbonyl (C=O) groups excluding carboxylic acids is 1. The zero-order valence-corrected chi connectivity index (χ0v) is 9.97. The Morgan fingerprint density at radius 3 is 2.24 bits per heavy atom. The number of hydrogen-bond donors (Lipinski definition) is 1. The van der Waals surface area contributed by atoms with E-state index in [1.165, 1.54) is 24.3 Å². The Hall–Kier alpha value is -1.84. The summed E-state index contributed by atoms with van der Waals surface area (Å²) in [6.07, 6.45) is 0.950. The molecule has 0 aliphatic heterocycles. The maximum Gasteiger partial charge on any atom is 0.338 e. The van der Waals surface area contributed by atoms with Crippen molar-refractivity contribution in [1.82, 2.24) is 0 Å². The summed E-state index contributed by atoms with van der Waals surface area (Å²) >= 11 is 0. The van der Waals surface area contributed by atoms with E-state index in [-0.39, 0.29) is 5.56 Å². The Labute approximate surface area is 100 Å². The van der Waals surface area contributed by atoms with Gasteiger partial charge in [-0.05, 0) is 30.2 Å². The molecule has 0 aliphatic rings. The van der Waals surface area contributed by atoms with E-state index in [1.54, 1.807) is 0 Å². The fourth-order valence-electron chi connectivity index (χ4n) is 1.17. The first-order valence-corrected chi connectivity index (χ1v) is 5.55. The van der Waals surface area contributed by atoms with Gasteiger partial charge in [-0.25, -0.2) is 9.59 Å². The molecule has 0 fully saturated rings. The number of carbonyl (C=O) groups is 2. The highest BCUT2D eigenvalue weighted by Crippen LogP contribution is 2.08. The van der Waals surface area contributed by atoms with Crippen LogP contribution in [-0.4, -0.2) is 23.7 Å². The zero-order valence-electron chi connectivity index (χ0n) is 9.97. The van der Waals surface area contributed by atoms with Crippen molar-refractivity contribution in [2.75, 3.05) is 6.61 Å². The summed E-state index contributed by atoms with van der Waals surface area (Å²) in [7, 11) is 0. The summed E-state index contributed by atoms with van der Waals surface area (Å²) in [5, 5.41) is 8.71. The van der Waals surface area contributed by atoms with Gasteiger partial charge < -0.3 is 9.84 Å². The minimum Gasteiger partial charge on any atom is -0.478 e. The molecule has 0 amide bonds. The van der Waals surface area contributed by atoms with Crippen LogP contribution in [0.15, 0.2) is 24.3 Å². The summed E-state index contributed by atoms with van der Waals surface area (Å²) in [4.78, 5) is 22.2. The predicted octanol–water partition coefficient (Wildman–Crippen LogP) is 2.59. The lowest BCUT2D eigenvalue weighted by atomic mass is 10.1. The number of benzene rings is 1. The first-order chi connectivity index (χ1) is 8.04. The van der Waals surface area contributed by atoms with Crippen LogP contribution in [-0.2, 0) is 4.74 Å².